The van der Waals surface area contributed by atoms with E-state index in [0.717, 1.165) is 55.8 Å². The van der Waals surface area contributed by atoms with Gasteiger partial charge in [0.05, 0.1) is 18.9 Å². The maximum Gasteiger partial charge on any atom is 0.350 e. The molecule has 0 saturated heterocycles. The van der Waals surface area contributed by atoms with Crippen LogP contribution in [0.2, 0.25) is 0 Å². The zero-order chi connectivity index (χ0) is 22.1. The van der Waals surface area contributed by atoms with E-state index < -0.39 is 0 Å². The molecule has 30 heavy (non-hydrogen) atoms. The maximum atomic E-state index is 12.7. The van der Waals surface area contributed by atoms with E-state index in [1.54, 1.807) is 11.3 Å². The number of thiophene rings is 1. The van der Waals surface area contributed by atoms with Crippen LogP contribution < -0.4 is 4.90 Å². The van der Waals surface area contributed by atoms with Gasteiger partial charge in [0.25, 0.3) is 0 Å². The summed E-state index contributed by atoms with van der Waals surface area (Å²) < 4.78 is 5.17. The number of methoxy groups -OCH3 is 1. The molecule has 2 aliphatic carbocycles. The van der Waals surface area contributed by atoms with E-state index in [2.05, 4.69) is 45.2 Å². The molecule has 0 atom stereocenters. The van der Waals surface area contributed by atoms with Gasteiger partial charge in [0.15, 0.2) is 0 Å². The number of ether oxygens (including phenoxy) is 1. The molecular formula is C25H39NO3S. The minimum atomic E-state index is -0.267. The lowest BCUT2D eigenvalue weighted by Crippen LogP contribution is -2.41. The number of rotatable bonds is 5. The molecule has 0 unspecified atom stereocenters. The van der Waals surface area contributed by atoms with Crippen LogP contribution in [0.1, 0.15) is 93.6 Å². The molecule has 1 N–H and O–H groups in total. The van der Waals surface area contributed by atoms with Crippen LogP contribution in [0.3, 0.4) is 0 Å². The normalized spacial score (nSPS) is 27.5. The third kappa shape index (κ3) is 5.11. The van der Waals surface area contributed by atoms with Crippen molar-refractivity contribution in [3.63, 3.8) is 0 Å². The number of hydrogen-bond acceptors (Lipinski definition) is 5. The molecule has 2 fully saturated rings. The predicted octanol–water partition coefficient (Wildman–Crippen LogP) is 6.28. The van der Waals surface area contributed by atoms with Gasteiger partial charge in [0.1, 0.15) is 4.88 Å². The lowest BCUT2D eigenvalue weighted by atomic mass is 9.80. The van der Waals surface area contributed by atoms with Gasteiger partial charge >= 0.3 is 5.97 Å². The highest BCUT2D eigenvalue weighted by atomic mass is 32.1. The zero-order valence-corrected chi connectivity index (χ0v) is 20.2. The van der Waals surface area contributed by atoms with Crippen molar-refractivity contribution in [1.29, 1.82) is 0 Å². The summed E-state index contributed by atoms with van der Waals surface area (Å²) in [5, 5.41) is 10.1. The van der Waals surface area contributed by atoms with Crippen molar-refractivity contribution in [1.82, 2.24) is 0 Å². The Bertz CT molecular complexity index is 747. The lowest BCUT2D eigenvalue weighted by Gasteiger charge is -2.42. The van der Waals surface area contributed by atoms with E-state index in [-0.39, 0.29) is 23.5 Å². The fourth-order valence-electron chi connectivity index (χ4n) is 4.86. The van der Waals surface area contributed by atoms with Gasteiger partial charge in [-0.2, -0.15) is 0 Å². The summed E-state index contributed by atoms with van der Waals surface area (Å²) in [5.41, 5.74) is 2.07. The first-order chi connectivity index (χ1) is 14.1. The molecule has 0 aliphatic heterocycles. The van der Waals surface area contributed by atoms with E-state index in [1.807, 2.05) is 0 Å². The molecule has 0 radical (unpaired) electrons. The maximum absolute atomic E-state index is 12.7. The molecule has 3 rings (SSSR count). The second-order valence-electron chi connectivity index (χ2n) is 10.3. The average molecular weight is 434 g/mol. The fourth-order valence-corrected chi connectivity index (χ4v) is 5.99. The van der Waals surface area contributed by atoms with Gasteiger partial charge in [-0.1, -0.05) is 47.1 Å². The van der Waals surface area contributed by atoms with Gasteiger partial charge in [-0.15, -0.1) is 11.3 Å². The van der Waals surface area contributed by atoms with E-state index in [9.17, 15) is 9.90 Å². The number of aliphatic hydroxyl groups excluding tert-OH is 1. The molecule has 2 aliphatic rings. The van der Waals surface area contributed by atoms with Crippen molar-refractivity contribution in [2.75, 3.05) is 12.0 Å². The molecule has 1 heterocycles. The molecule has 5 heteroatoms. The van der Waals surface area contributed by atoms with Crippen LogP contribution in [-0.2, 0) is 10.2 Å². The highest BCUT2D eigenvalue weighted by Crippen LogP contribution is 2.44. The topological polar surface area (TPSA) is 49.8 Å². The number of hydrogen-bond donors (Lipinski definition) is 1. The Kier molecular flexibility index (Phi) is 7.34. The Balaban J connectivity index is 2.02. The first kappa shape index (κ1) is 23.3. The van der Waals surface area contributed by atoms with Gasteiger partial charge in [-0.25, -0.2) is 4.79 Å². The number of allylic oxidation sites excluding steroid dienone is 1. The van der Waals surface area contributed by atoms with Gasteiger partial charge in [0.2, 0.25) is 0 Å². The van der Waals surface area contributed by atoms with Crippen molar-refractivity contribution < 1.29 is 14.6 Å². The summed E-state index contributed by atoms with van der Waals surface area (Å²) in [5.74, 6) is 0.972. The number of carbonyl (C=O) groups is 1. The monoisotopic (exact) mass is 433 g/mol. The van der Waals surface area contributed by atoms with Crippen LogP contribution in [0, 0.1) is 11.8 Å². The van der Waals surface area contributed by atoms with E-state index in [1.165, 1.54) is 24.8 Å². The van der Waals surface area contributed by atoms with E-state index in [0.29, 0.717) is 10.8 Å². The van der Waals surface area contributed by atoms with Crippen LogP contribution in [0.25, 0.3) is 0 Å². The first-order valence-corrected chi connectivity index (χ1v) is 12.3. The smallest absolute Gasteiger partial charge is 0.350 e. The van der Waals surface area contributed by atoms with Gasteiger partial charge in [0, 0.05) is 16.6 Å². The van der Waals surface area contributed by atoms with E-state index in [4.69, 9.17) is 4.74 Å². The lowest BCUT2D eigenvalue weighted by molar-refractivity contribution is 0.0606. The quantitative estimate of drug-likeness (QED) is 0.555. The highest BCUT2D eigenvalue weighted by Gasteiger charge is 2.35. The largest absolute Gasteiger partial charge is 0.465 e. The van der Waals surface area contributed by atoms with Crippen molar-refractivity contribution in [3.8, 4) is 0 Å². The Morgan fingerprint density at radius 1 is 1.13 bits per heavy atom. The van der Waals surface area contributed by atoms with Crippen LogP contribution in [-0.4, -0.2) is 30.3 Å². The SMILES string of the molecule is C=C([C@H]1CC[C@H](C)CC1)N(c1cc(C(C)(C)C)sc1C(=O)OC)C1CCC(O)CC1. The second kappa shape index (κ2) is 9.44. The Labute approximate surface area is 186 Å². The third-order valence-corrected chi connectivity index (χ3v) is 8.44. The average Bonchev–Trinajstić information content (AvgIpc) is 3.15. The summed E-state index contributed by atoms with van der Waals surface area (Å²) in [7, 11) is 1.46. The fraction of sp³-hybridized carbons (Fsp3) is 0.720. The minimum Gasteiger partial charge on any atom is -0.465 e. The number of esters is 1. The van der Waals surface area contributed by atoms with Crippen molar-refractivity contribution in [2.45, 2.75) is 96.6 Å². The third-order valence-electron chi connectivity index (χ3n) is 6.91. The van der Waals surface area contributed by atoms with Gasteiger partial charge in [-0.05, 0) is 61.8 Å². The molecule has 168 valence electrons. The molecule has 0 aromatic carbocycles. The molecular weight excluding hydrogens is 394 g/mol. The number of nitrogens with zero attached hydrogens (tertiary/aromatic N) is 1. The Morgan fingerprint density at radius 2 is 1.73 bits per heavy atom. The molecule has 1 aromatic rings. The Morgan fingerprint density at radius 3 is 2.27 bits per heavy atom. The second-order valence-corrected chi connectivity index (χ2v) is 11.4. The Hall–Kier alpha value is -1.33. The zero-order valence-electron chi connectivity index (χ0n) is 19.4. The highest BCUT2D eigenvalue weighted by molar-refractivity contribution is 7.14. The van der Waals surface area contributed by atoms with Crippen molar-refractivity contribution in [2.24, 2.45) is 11.8 Å². The number of carbonyl (C=O) groups excluding carboxylic acids is 1. The predicted molar refractivity (Wildman–Crippen MR) is 125 cm³/mol. The number of anilines is 1. The minimum absolute atomic E-state index is 0.0400. The van der Waals surface area contributed by atoms with Crippen molar-refractivity contribution in [3.05, 3.63) is 28.1 Å². The summed E-state index contributed by atoms with van der Waals surface area (Å²) in [6, 6.07) is 2.46. The van der Waals surface area contributed by atoms with Crippen molar-refractivity contribution >= 4 is 23.0 Å². The molecule has 0 spiro atoms. The first-order valence-electron chi connectivity index (χ1n) is 11.5. The van der Waals surface area contributed by atoms with Crippen LogP contribution in [0.4, 0.5) is 5.69 Å². The molecule has 1 aromatic heterocycles. The summed E-state index contributed by atoms with van der Waals surface area (Å²) >= 11 is 1.55. The van der Waals surface area contributed by atoms with Gasteiger partial charge < -0.3 is 14.7 Å². The summed E-state index contributed by atoms with van der Waals surface area (Å²) in [4.78, 5) is 17.0. The van der Waals surface area contributed by atoms with Crippen LogP contribution in [0.15, 0.2) is 18.3 Å². The summed E-state index contributed by atoms with van der Waals surface area (Å²) in [6.45, 7) is 13.5. The molecule has 0 bridgehead atoms. The molecule has 0 amide bonds. The molecule has 4 nitrogen and oxygen atoms in total. The van der Waals surface area contributed by atoms with Crippen LogP contribution in [0.5, 0.6) is 0 Å². The molecule has 2 saturated carbocycles. The van der Waals surface area contributed by atoms with Crippen LogP contribution >= 0.6 is 11.3 Å². The summed E-state index contributed by atoms with van der Waals surface area (Å²) in [6.07, 6.45) is 8.05. The number of aliphatic hydroxyl groups is 1. The van der Waals surface area contributed by atoms with Gasteiger partial charge in [-0.3, -0.25) is 0 Å². The standard InChI is InChI=1S/C25H39NO3S/c1-16-7-9-18(10-8-16)17(2)26(19-11-13-20(27)14-12-19)21-15-22(25(3,4)5)30-23(21)24(28)29-6/h15-16,18-20,27H,2,7-14H2,1,3-6H3/t16-,18-,19?,20?. The van der Waals surface area contributed by atoms with E-state index >= 15 is 0 Å².